The topological polar surface area (TPSA) is 0 Å². The summed E-state index contributed by atoms with van der Waals surface area (Å²) in [5.41, 5.74) is 1.18. The van der Waals surface area contributed by atoms with Crippen LogP contribution in [0.5, 0.6) is 0 Å². The Hall–Kier alpha value is -0.793. The van der Waals surface area contributed by atoms with Crippen molar-refractivity contribution in [3.05, 3.63) is 66.7 Å². The maximum Gasteiger partial charge on any atom is 0 e. The van der Waals surface area contributed by atoms with Gasteiger partial charge in [0.2, 0.25) is 0 Å². The summed E-state index contributed by atoms with van der Waals surface area (Å²) >= 11 is 0. The summed E-state index contributed by atoms with van der Waals surface area (Å²) in [5, 5.41) is 2.75. The summed E-state index contributed by atoms with van der Waals surface area (Å²) in [6.45, 7) is 3.75. The van der Waals surface area contributed by atoms with E-state index in [1.165, 1.54) is 16.2 Å². The molecule has 2 aromatic carbocycles. The summed E-state index contributed by atoms with van der Waals surface area (Å²) in [6.07, 6.45) is 1.87. The molecule has 0 heterocycles. The predicted molar refractivity (Wildman–Crippen MR) is 76.3 cm³/mol. The average molecular weight is 219 g/mol. The molecule has 0 aliphatic carbocycles. The molecule has 0 saturated heterocycles. The molecule has 2 rings (SSSR count). The summed E-state index contributed by atoms with van der Waals surface area (Å²) < 4.78 is 0. The van der Waals surface area contributed by atoms with Gasteiger partial charge in [0.25, 0.3) is 0 Å². The van der Waals surface area contributed by atoms with E-state index in [9.17, 15) is 0 Å². The van der Waals surface area contributed by atoms with Crippen LogP contribution in [0.2, 0.25) is 0 Å². The first-order valence-electron chi connectivity index (χ1n) is 4.93. The monoisotopic (exact) mass is 219 g/mol. The van der Waals surface area contributed by atoms with Crippen LogP contribution in [0.25, 0.3) is 6.08 Å². The Balaban J connectivity index is 0.00000128. The smallest absolute Gasteiger partial charge is 0 e. The van der Waals surface area contributed by atoms with Crippen molar-refractivity contribution in [3.63, 3.8) is 0 Å². The molecule has 0 nitrogen and oxygen atoms in total. The van der Waals surface area contributed by atoms with Crippen LogP contribution in [-0.2, 0) is 0 Å². The number of hydrogen-bond donors (Lipinski definition) is 0. The molecule has 0 aromatic heterocycles. The largest absolute Gasteiger partial charge is 0.0985 e. The van der Waals surface area contributed by atoms with Crippen molar-refractivity contribution in [3.8, 4) is 0 Å². The van der Waals surface area contributed by atoms with Crippen LogP contribution in [0.3, 0.4) is 0 Å². The minimum Gasteiger partial charge on any atom is -0.0985 e. The Bertz CT molecular complexity index is 434. The molecular formula is C14H13LiP. The van der Waals surface area contributed by atoms with Crippen molar-refractivity contribution in [2.75, 3.05) is 0 Å². The van der Waals surface area contributed by atoms with E-state index in [1.807, 2.05) is 6.08 Å². The average Bonchev–Trinajstić information content (AvgIpc) is 2.31. The van der Waals surface area contributed by atoms with E-state index in [2.05, 4.69) is 61.2 Å². The van der Waals surface area contributed by atoms with Crippen LogP contribution in [0, 0.1) is 0 Å². The Morgan fingerprint density at radius 3 is 1.94 bits per heavy atom. The number of rotatable bonds is 3. The van der Waals surface area contributed by atoms with E-state index in [-0.39, 0.29) is 18.9 Å². The molecule has 0 spiro atoms. The normalized spacial score (nSPS) is 10.0. The van der Waals surface area contributed by atoms with Crippen LogP contribution >= 0.6 is 8.58 Å². The van der Waals surface area contributed by atoms with E-state index >= 15 is 0 Å². The molecule has 1 radical (unpaired) electrons. The summed E-state index contributed by atoms with van der Waals surface area (Å²) in [6, 6.07) is 19.1. The van der Waals surface area contributed by atoms with Crippen molar-refractivity contribution in [1.29, 1.82) is 0 Å². The molecule has 1 unspecified atom stereocenters. The molecular weight excluding hydrogens is 206 g/mol. The fraction of sp³-hybridized carbons (Fsp3) is 0. The van der Waals surface area contributed by atoms with E-state index < -0.39 is 0 Å². The molecule has 2 heteroatoms. The summed E-state index contributed by atoms with van der Waals surface area (Å²) in [4.78, 5) is 0. The van der Waals surface area contributed by atoms with E-state index in [0.717, 1.165) is 8.58 Å². The third-order valence-electron chi connectivity index (χ3n) is 2.21. The van der Waals surface area contributed by atoms with Gasteiger partial charge in [-0.05, 0) is 16.2 Å². The summed E-state index contributed by atoms with van der Waals surface area (Å²) in [7, 11) is 0.740. The molecule has 0 saturated carbocycles. The predicted octanol–water partition coefficient (Wildman–Crippen LogP) is 2.58. The Kier molecular flexibility index (Phi) is 5.57. The second-order valence-electron chi connectivity index (χ2n) is 3.32. The Morgan fingerprint density at radius 2 is 1.38 bits per heavy atom. The van der Waals surface area contributed by atoms with Gasteiger partial charge < -0.3 is 0 Å². The van der Waals surface area contributed by atoms with Crippen LogP contribution in [0.4, 0.5) is 0 Å². The van der Waals surface area contributed by atoms with Crippen molar-refractivity contribution in [2.45, 2.75) is 0 Å². The van der Waals surface area contributed by atoms with Crippen molar-refractivity contribution >= 4 is 44.1 Å². The van der Waals surface area contributed by atoms with Gasteiger partial charge >= 0.3 is 0 Å². The zero-order chi connectivity index (χ0) is 10.5. The van der Waals surface area contributed by atoms with Gasteiger partial charge in [0.05, 0.1) is 0 Å². The Morgan fingerprint density at radius 1 is 0.812 bits per heavy atom. The van der Waals surface area contributed by atoms with Crippen LogP contribution < -0.4 is 10.6 Å². The molecule has 0 amide bonds. The summed E-state index contributed by atoms with van der Waals surface area (Å²) in [5.74, 6) is 0. The first-order chi connectivity index (χ1) is 7.38. The minimum absolute atomic E-state index is 0. The zero-order valence-electron chi connectivity index (χ0n) is 9.48. The molecule has 0 aliphatic heterocycles. The molecule has 16 heavy (non-hydrogen) atoms. The fourth-order valence-electron chi connectivity index (χ4n) is 1.39. The molecule has 0 N–H and O–H groups in total. The van der Waals surface area contributed by atoms with E-state index in [4.69, 9.17) is 0 Å². The third-order valence-corrected chi connectivity index (χ3v) is 3.45. The molecule has 1 atom stereocenters. The van der Waals surface area contributed by atoms with Gasteiger partial charge in [0.15, 0.2) is 0 Å². The van der Waals surface area contributed by atoms with Crippen molar-refractivity contribution in [1.82, 2.24) is 0 Å². The van der Waals surface area contributed by atoms with Crippen LogP contribution in [0.1, 0.15) is 5.56 Å². The maximum atomic E-state index is 3.75. The first kappa shape index (κ1) is 13.3. The van der Waals surface area contributed by atoms with Gasteiger partial charge in [0.1, 0.15) is 0 Å². The second-order valence-corrected chi connectivity index (χ2v) is 4.72. The maximum absolute atomic E-state index is 3.75. The molecule has 75 valence electrons. The van der Waals surface area contributed by atoms with Gasteiger partial charge in [-0.25, -0.2) is 0 Å². The van der Waals surface area contributed by atoms with Gasteiger partial charge in [-0.3, -0.25) is 0 Å². The van der Waals surface area contributed by atoms with Crippen molar-refractivity contribution < 1.29 is 0 Å². The second kappa shape index (κ2) is 6.72. The van der Waals surface area contributed by atoms with Crippen LogP contribution in [0.15, 0.2) is 61.2 Å². The number of benzene rings is 2. The fourth-order valence-corrected chi connectivity index (χ4v) is 2.42. The minimum atomic E-state index is 0. The van der Waals surface area contributed by atoms with Gasteiger partial charge in [-0.15, -0.1) is 0 Å². The third kappa shape index (κ3) is 3.65. The van der Waals surface area contributed by atoms with E-state index in [1.54, 1.807) is 0 Å². The molecule has 0 fully saturated rings. The van der Waals surface area contributed by atoms with Gasteiger partial charge in [-0.2, -0.15) is 0 Å². The Labute approximate surface area is 111 Å². The molecule has 0 aliphatic rings. The first-order valence-corrected chi connectivity index (χ1v) is 5.93. The zero-order valence-corrected chi connectivity index (χ0v) is 10.5. The van der Waals surface area contributed by atoms with E-state index in [0.29, 0.717) is 0 Å². The standard InChI is InChI=1S/C14H13P.Li/c1-2-12-8-10-14(11-9-12)15-13-6-4-3-5-7-13;/h2-11,15H,1H2;. The quantitative estimate of drug-likeness (QED) is 0.549. The SMILES string of the molecule is C=Cc1ccc(Pc2ccccc2)cc1.[Li]. The van der Waals surface area contributed by atoms with Crippen molar-refractivity contribution in [2.24, 2.45) is 0 Å². The van der Waals surface area contributed by atoms with Gasteiger partial charge in [0, 0.05) is 18.9 Å². The van der Waals surface area contributed by atoms with Gasteiger partial charge in [-0.1, -0.05) is 75.8 Å². The molecule has 0 bridgehead atoms. The molecule has 2 aromatic rings. The number of hydrogen-bond acceptors (Lipinski definition) is 0. The van der Waals surface area contributed by atoms with Crippen LogP contribution in [-0.4, -0.2) is 18.9 Å².